The third-order valence-corrected chi connectivity index (χ3v) is 8.92. The molecular formula is C32H47ClN4O2. The quantitative estimate of drug-likeness (QED) is 0.369. The summed E-state index contributed by atoms with van der Waals surface area (Å²) in [6, 6.07) is 6.75. The van der Waals surface area contributed by atoms with Crippen LogP contribution in [0, 0.1) is 37.0 Å². The van der Waals surface area contributed by atoms with Gasteiger partial charge in [-0.1, -0.05) is 58.4 Å². The molecule has 2 heterocycles. The highest BCUT2D eigenvalue weighted by Gasteiger charge is 2.47. The van der Waals surface area contributed by atoms with E-state index in [9.17, 15) is 9.59 Å². The lowest BCUT2D eigenvalue weighted by Gasteiger charge is -2.36. The number of carbonyl (C=O) groups excluding carboxylic acids is 2. The van der Waals surface area contributed by atoms with E-state index in [-0.39, 0.29) is 35.9 Å². The van der Waals surface area contributed by atoms with Crippen LogP contribution in [0.3, 0.4) is 0 Å². The molecule has 1 aromatic heterocycles. The third kappa shape index (κ3) is 6.26. The van der Waals surface area contributed by atoms with E-state index in [4.69, 9.17) is 10.2 Å². The lowest BCUT2D eigenvalue weighted by Crippen LogP contribution is -2.38. The highest BCUT2D eigenvalue weighted by molar-refractivity contribution is 5.88. The van der Waals surface area contributed by atoms with Crippen molar-refractivity contribution in [3.05, 3.63) is 46.5 Å². The van der Waals surface area contributed by atoms with Crippen LogP contribution in [0.25, 0.3) is 0 Å². The largest absolute Gasteiger partial charge is 0.341 e. The number of likely N-dealkylation sites (tertiary alicyclic amines) is 1. The van der Waals surface area contributed by atoms with Crippen molar-refractivity contribution in [2.24, 2.45) is 23.2 Å². The predicted octanol–water partition coefficient (Wildman–Crippen LogP) is 6.59. The molecule has 2 aliphatic carbocycles. The van der Waals surface area contributed by atoms with Crippen molar-refractivity contribution < 1.29 is 9.59 Å². The first-order chi connectivity index (χ1) is 17.9. The maximum absolute atomic E-state index is 13.9. The highest BCUT2D eigenvalue weighted by Crippen LogP contribution is 2.48. The van der Waals surface area contributed by atoms with Gasteiger partial charge in [-0.2, -0.15) is 0 Å². The SMILES string of the molecule is Cc1ccc(CC(=O)[C@H]2CN(C(=O)C(C)(C)C)C[C@@H]2c2nnc(C3CC(CC(C)C)C3)n2C2CC2)c(C)c1.Cl. The molecule has 214 valence electrons. The summed E-state index contributed by atoms with van der Waals surface area (Å²) in [4.78, 5) is 29.2. The Bertz CT molecular complexity index is 1200. The van der Waals surface area contributed by atoms with Gasteiger partial charge in [0, 0.05) is 48.7 Å². The molecule has 7 heteroatoms. The molecule has 0 bridgehead atoms. The molecule has 39 heavy (non-hydrogen) atoms. The van der Waals surface area contributed by atoms with Crippen LogP contribution in [-0.4, -0.2) is 44.4 Å². The summed E-state index contributed by atoms with van der Waals surface area (Å²) in [6.07, 6.45) is 6.36. The van der Waals surface area contributed by atoms with Crippen LogP contribution in [0.2, 0.25) is 0 Å². The number of Topliss-reactive ketones (excluding diaryl/α,β-unsaturated/α-hetero) is 1. The second kappa shape index (κ2) is 11.3. The average Bonchev–Trinajstić information content (AvgIpc) is 3.40. The zero-order valence-corrected chi connectivity index (χ0v) is 25.7. The van der Waals surface area contributed by atoms with Gasteiger partial charge in [0.1, 0.15) is 17.4 Å². The van der Waals surface area contributed by atoms with Crippen LogP contribution in [0.4, 0.5) is 0 Å². The van der Waals surface area contributed by atoms with Crippen molar-refractivity contribution in [2.45, 2.75) is 105 Å². The Hall–Kier alpha value is -2.21. The molecule has 2 saturated carbocycles. The smallest absolute Gasteiger partial charge is 0.227 e. The van der Waals surface area contributed by atoms with Gasteiger partial charge < -0.3 is 9.47 Å². The van der Waals surface area contributed by atoms with Gasteiger partial charge in [0.15, 0.2) is 0 Å². The Morgan fingerprint density at radius 3 is 2.28 bits per heavy atom. The number of hydrogen-bond acceptors (Lipinski definition) is 4. The van der Waals surface area contributed by atoms with Crippen molar-refractivity contribution >= 4 is 24.1 Å². The van der Waals surface area contributed by atoms with Crippen molar-refractivity contribution in [1.82, 2.24) is 19.7 Å². The van der Waals surface area contributed by atoms with Gasteiger partial charge in [-0.05, 0) is 68.9 Å². The fourth-order valence-electron chi connectivity index (χ4n) is 6.75. The Kier molecular flexibility index (Phi) is 8.66. The van der Waals surface area contributed by atoms with E-state index in [1.165, 1.54) is 24.8 Å². The summed E-state index contributed by atoms with van der Waals surface area (Å²) in [5.41, 5.74) is 2.95. The average molecular weight is 555 g/mol. The Morgan fingerprint density at radius 2 is 1.69 bits per heavy atom. The zero-order valence-electron chi connectivity index (χ0n) is 24.9. The molecule has 0 unspecified atom stereocenters. The number of nitrogens with zero attached hydrogens (tertiary/aromatic N) is 4. The molecule has 6 nitrogen and oxygen atoms in total. The van der Waals surface area contributed by atoms with Crippen LogP contribution in [0.15, 0.2) is 18.2 Å². The van der Waals surface area contributed by atoms with Crippen LogP contribution >= 0.6 is 12.4 Å². The number of aryl methyl sites for hydroxylation is 2. The van der Waals surface area contributed by atoms with Crippen LogP contribution < -0.4 is 0 Å². The second-order valence-corrected chi connectivity index (χ2v) is 13.9. The van der Waals surface area contributed by atoms with Gasteiger partial charge >= 0.3 is 0 Å². The molecule has 0 radical (unpaired) electrons. The van der Waals surface area contributed by atoms with Crippen LogP contribution in [0.1, 0.15) is 113 Å². The minimum Gasteiger partial charge on any atom is -0.341 e. The Labute approximate surface area is 240 Å². The van der Waals surface area contributed by atoms with Crippen molar-refractivity contribution in [2.75, 3.05) is 13.1 Å². The summed E-state index contributed by atoms with van der Waals surface area (Å²) >= 11 is 0. The normalized spacial score (nSPS) is 25.0. The van der Waals surface area contributed by atoms with Gasteiger partial charge in [0.25, 0.3) is 0 Å². The van der Waals surface area contributed by atoms with E-state index >= 15 is 0 Å². The van der Waals surface area contributed by atoms with E-state index in [0.29, 0.717) is 31.5 Å². The molecule has 0 spiro atoms. The standard InChI is InChI=1S/C32H46N4O2.ClH/c1-19(2)12-22-14-24(15-22)29-33-34-30(36(29)25-10-11-25)27-18-35(31(38)32(5,6)7)17-26(27)28(37)16-23-9-8-20(3)13-21(23)4;/h8-9,13,19,22,24-27H,10-12,14-18H2,1-7H3;1H/t22?,24?,26-,27-;/m0./s1. The van der Waals surface area contributed by atoms with E-state index in [1.54, 1.807) is 0 Å². The van der Waals surface area contributed by atoms with Gasteiger partial charge in [-0.15, -0.1) is 22.6 Å². The molecule has 5 rings (SSSR count). The minimum atomic E-state index is -0.483. The lowest BCUT2D eigenvalue weighted by atomic mass is 9.71. The zero-order chi connectivity index (χ0) is 27.4. The number of carbonyl (C=O) groups is 2. The maximum Gasteiger partial charge on any atom is 0.227 e. The molecular weight excluding hydrogens is 508 g/mol. The van der Waals surface area contributed by atoms with E-state index < -0.39 is 5.41 Å². The fourth-order valence-corrected chi connectivity index (χ4v) is 6.75. The monoisotopic (exact) mass is 554 g/mol. The minimum absolute atomic E-state index is 0. The number of amides is 1. The second-order valence-electron chi connectivity index (χ2n) is 13.9. The number of halogens is 1. The maximum atomic E-state index is 13.9. The molecule has 1 aliphatic heterocycles. The van der Waals surface area contributed by atoms with Crippen LogP contribution in [0.5, 0.6) is 0 Å². The Balaban J connectivity index is 0.00000353. The lowest BCUT2D eigenvalue weighted by molar-refractivity contribution is -0.138. The number of aromatic nitrogens is 3. The van der Waals surface area contributed by atoms with Crippen molar-refractivity contribution in [3.8, 4) is 0 Å². The van der Waals surface area contributed by atoms with E-state index in [1.807, 2.05) is 25.7 Å². The van der Waals surface area contributed by atoms with Gasteiger partial charge in [-0.3, -0.25) is 9.59 Å². The fraction of sp³-hybridized carbons (Fsp3) is 0.688. The van der Waals surface area contributed by atoms with Gasteiger partial charge in [0.2, 0.25) is 5.91 Å². The number of ketones is 1. The molecule has 1 aromatic carbocycles. The summed E-state index contributed by atoms with van der Waals surface area (Å²) in [6.45, 7) is 15.7. The van der Waals surface area contributed by atoms with Gasteiger partial charge in [-0.25, -0.2) is 0 Å². The molecule has 1 amide bonds. The van der Waals surface area contributed by atoms with Crippen molar-refractivity contribution in [3.63, 3.8) is 0 Å². The van der Waals surface area contributed by atoms with Gasteiger partial charge in [0.05, 0.1) is 0 Å². The van der Waals surface area contributed by atoms with E-state index in [2.05, 4.69) is 50.5 Å². The first kappa shape index (κ1) is 29.8. The number of benzene rings is 1. The van der Waals surface area contributed by atoms with Crippen molar-refractivity contribution in [1.29, 1.82) is 0 Å². The summed E-state index contributed by atoms with van der Waals surface area (Å²) < 4.78 is 2.41. The third-order valence-electron chi connectivity index (χ3n) is 8.92. The summed E-state index contributed by atoms with van der Waals surface area (Å²) in [5.74, 6) is 4.01. The molecule has 3 fully saturated rings. The molecule has 2 aromatic rings. The predicted molar refractivity (Wildman–Crippen MR) is 157 cm³/mol. The first-order valence-electron chi connectivity index (χ1n) is 14.7. The van der Waals surface area contributed by atoms with Crippen LogP contribution in [-0.2, 0) is 16.0 Å². The summed E-state index contributed by atoms with van der Waals surface area (Å²) in [7, 11) is 0. The highest BCUT2D eigenvalue weighted by atomic mass is 35.5. The molecule has 1 saturated heterocycles. The molecule has 0 N–H and O–H groups in total. The van der Waals surface area contributed by atoms with E-state index in [0.717, 1.165) is 47.5 Å². The topological polar surface area (TPSA) is 68.1 Å². The Morgan fingerprint density at radius 1 is 1.03 bits per heavy atom. The number of rotatable bonds is 8. The number of hydrogen-bond donors (Lipinski definition) is 0. The molecule has 3 aliphatic rings. The summed E-state index contributed by atoms with van der Waals surface area (Å²) in [5, 5.41) is 9.57. The molecule has 2 atom stereocenters. The first-order valence-corrected chi connectivity index (χ1v) is 14.7.